The topological polar surface area (TPSA) is 143 Å². The first kappa shape index (κ1) is 22.3. The first-order valence-corrected chi connectivity index (χ1v) is 12.4. The summed E-state index contributed by atoms with van der Waals surface area (Å²) >= 11 is -2.13. The summed E-state index contributed by atoms with van der Waals surface area (Å²) in [6, 6.07) is 8.03. The minimum absolute atomic E-state index is 0.0374. The van der Waals surface area contributed by atoms with E-state index in [0.29, 0.717) is 31.1 Å². The molecule has 3 aliphatic heterocycles. The fraction of sp³-hybridized carbons (Fsp3) is 0.591. The molecule has 1 aliphatic carbocycles. The van der Waals surface area contributed by atoms with Crippen molar-refractivity contribution < 1.29 is 18.4 Å². The standard InChI is InChI=1S/C22H28N6O4S/c1-12(13-2-4-15(5-3-13)25-33(31)32)27-17-8-20(22(27)30)26(10-17)11-18(24)21(29)28-16(9-23)6-14-7-19(14)28/h2-5,12,14,16-20,25H,6-8,10-11,24H2,1H3,(H,31,32)/t12-,14?,16-,17+,18-,19-,20+/m0/s1. The number of hydrogen-bond acceptors (Lipinski definition) is 6. The maximum atomic E-state index is 13.2. The molecule has 3 heterocycles. The number of fused-ring (bicyclic) bond motifs is 3. The SMILES string of the molecule is C[C@@H](c1ccc(NS(=O)O)cc1)N1C(=O)[C@H]2C[C@@H]1CN2C[C@H](N)C(=O)N1[C@H](C#N)CC2C[C@@H]21. The second kappa shape index (κ2) is 8.36. The zero-order valence-corrected chi connectivity index (χ0v) is 19.1. The molecule has 4 aliphatic rings. The molecular weight excluding hydrogens is 444 g/mol. The lowest BCUT2D eigenvalue weighted by Gasteiger charge is -2.38. The lowest BCUT2D eigenvalue weighted by atomic mass is 10.0. The average Bonchev–Trinajstić information content (AvgIpc) is 3.12. The Labute approximate surface area is 195 Å². The summed E-state index contributed by atoms with van der Waals surface area (Å²) in [5.41, 5.74) is 7.74. The third-order valence-corrected chi connectivity index (χ3v) is 8.00. The van der Waals surface area contributed by atoms with Crippen LogP contribution in [0.2, 0.25) is 0 Å². The number of nitrogens with one attached hydrogen (secondary N) is 1. The zero-order valence-electron chi connectivity index (χ0n) is 18.3. The molecule has 2 amide bonds. The van der Waals surface area contributed by atoms with Crippen molar-refractivity contribution in [3.8, 4) is 6.07 Å². The van der Waals surface area contributed by atoms with Gasteiger partial charge in [-0.2, -0.15) is 5.26 Å². The molecule has 2 unspecified atom stereocenters. The van der Waals surface area contributed by atoms with E-state index in [0.717, 1.165) is 18.4 Å². The van der Waals surface area contributed by atoms with Crippen LogP contribution in [0.5, 0.6) is 0 Å². The van der Waals surface area contributed by atoms with Gasteiger partial charge < -0.3 is 15.5 Å². The Hall–Kier alpha value is -2.52. The Kier molecular flexibility index (Phi) is 5.64. The molecular formula is C22H28N6O4S. The van der Waals surface area contributed by atoms with Crippen molar-refractivity contribution in [1.29, 1.82) is 5.26 Å². The highest BCUT2D eigenvalue weighted by atomic mass is 32.2. The number of nitriles is 1. The van der Waals surface area contributed by atoms with E-state index in [9.17, 15) is 19.1 Å². The molecule has 10 nitrogen and oxygen atoms in total. The number of amides is 2. The molecule has 11 heteroatoms. The van der Waals surface area contributed by atoms with E-state index in [1.54, 1.807) is 17.0 Å². The summed E-state index contributed by atoms with van der Waals surface area (Å²) in [5.74, 6) is 0.306. The molecule has 176 valence electrons. The Morgan fingerprint density at radius 2 is 2.06 bits per heavy atom. The number of piperidine rings is 1. The number of nitrogens with two attached hydrogens (primary N) is 1. The predicted octanol–water partition coefficient (Wildman–Crippen LogP) is 0.422. The largest absolute Gasteiger partial charge is 0.330 e. The molecule has 8 atom stereocenters. The Morgan fingerprint density at radius 1 is 1.33 bits per heavy atom. The van der Waals surface area contributed by atoms with Crippen LogP contribution in [0.25, 0.3) is 0 Å². The summed E-state index contributed by atoms with van der Waals surface area (Å²) in [5, 5.41) is 9.37. The highest BCUT2D eigenvalue weighted by Crippen LogP contribution is 2.48. The van der Waals surface area contributed by atoms with Crippen molar-refractivity contribution in [2.45, 2.75) is 62.4 Å². The quantitative estimate of drug-likeness (QED) is 0.488. The van der Waals surface area contributed by atoms with Gasteiger partial charge in [-0.25, -0.2) is 4.21 Å². The van der Waals surface area contributed by atoms with Gasteiger partial charge in [0.15, 0.2) is 0 Å². The third-order valence-electron chi connectivity index (χ3n) is 7.59. The molecule has 1 aromatic rings. The van der Waals surface area contributed by atoms with E-state index in [4.69, 9.17) is 10.3 Å². The van der Waals surface area contributed by atoms with Gasteiger partial charge in [-0.3, -0.25) is 23.8 Å². The van der Waals surface area contributed by atoms with Crippen molar-refractivity contribution in [1.82, 2.24) is 14.7 Å². The molecule has 0 radical (unpaired) electrons. The Balaban J connectivity index is 1.21. The van der Waals surface area contributed by atoms with Crippen molar-refractivity contribution in [3.05, 3.63) is 29.8 Å². The summed E-state index contributed by atoms with van der Waals surface area (Å²) in [6.07, 6.45) is 2.42. The number of hydrogen-bond donors (Lipinski definition) is 3. The number of benzene rings is 1. The maximum Gasteiger partial charge on any atom is 0.259 e. The normalized spacial score (nSPS) is 32.9. The van der Waals surface area contributed by atoms with E-state index in [1.165, 1.54) is 0 Å². The van der Waals surface area contributed by atoms with Crippen LogP contribution in [0, 0.1) is 17.2 Å². The van der Waals surface area contributed by atoms with Gasteiger partial charge in [0, 0.05) is 30.9 Å². The maximum absolute atomic E-state index is 13.2. The van der Waals surface area contributed by atoms with Gasteiger partial charge in [0.1, 0.15) is 6.04 Å². The van der Waals surface area contributed by atoms with E-state index < -0.39 is 17.3 Å². The van der Waals surface area contributed by atoms with Crippen molar-refractivity contribution in [2.24, 2.45) is 11.7 Å². The third kappa shape index (κ3) is 3.91. The Morgan fingerprint density at radius 3 is 2.70 bits per heavy atom. The minimum atomic E-state index is -2.13. The van der Waals surface area contributed by atoms with Gasteiger partial charge in [0.25, 0.3) is 11.3 Å². The molecule has 3 saturated heterocycles. The van der Waals surface area contributed by atoms with Crippen molar-refractivity contribution >= 4 is 28.8 Å². The number of likely N-dealkylation sites (tertiary alicyclic amines) is 3. The first-order chi connectivity index (χ1) is 15.8. The van der Waals surface area contributed by atoms with Crippen LogP contribution in [0.3, 0.4) is 0 Å². The number of rotatable bonds is 7. The van der Waals surface area contributed by atoms with Crippen LogP contribution >= 0.6 is 0 Å². The molecule has 33 heavy (non-hydrogen) atoms. The van der Waals surface area contributed by atoms with E-state index in [-0.39, 0.29) is 42.0 Å². The number of anilines is 1. The van der Waals surface area contributed by atoms with Gasteiger partial charge >= 0.3 is 0 Å². The van der Waals surface area contributed by atoms with Crippen molar-refractivity contribution in [3.63, 3.8) is 0 Å². The van der Waals surface area contributed by atoms with Crippen LogP contribution in [-0.2, 0) is 20.9 Å². The van der Waals surface area contributed by atoms with E-state index in [2.05, 4.69) is 10.8 Å². The molecule has 0 aromatic heterocycles. The number of carbonyl (C=O) groups excluding carboxylic acids is 2. The van der Waals surface area contributed by atoms with Gasteiger partial charge in [0.2, 0.25) is 11.8 Å². The molecule has 4 N–H and O–H groups in total. The minimum Gasteiger partial charge on any atom is -0.330 e. The van der Waals surface area contributed by atoms with Crippen LogP contribution in [0.4, 0.5) is 5.69 Å². The Bertz CT molecular complexity index is 1030. The van der Waals surface area contributed by atoms with Crippen molar-refractivity contribution in [2.75, 3.05) is 17.8 Å². The fourth-order valence-electron chi connectivity index (χ4n) is 5.90. The summed E-state index contributed by atoms with van der Waals surface area (Å²) in [6.45, 7) is 2.96. The van der Waals surface area contributed by atoms with Crippen LogP contribution < -0.4 is 10.5 Å². The zero-order chi connectivity index (χ0) is 23.4. The lowest BCUT2D eigenvalue weighted by Crippen LogP contribution is -2.57. The molecule has 1 saturated carbocycles. The average molecular weight is 473 g/mol. The van der Waals surface area contributed by atoms with Gasteiger partial charge in [-0.1, -0.05) is 12.1 Å². The number of nitrogens with zero attached hydrogens (tertiary/aromatic N) is 4. The molecule has 4 fully saturated rings. The molecule has 5 rings (SSSR count). The van der Waals surface area contributed by atoms with Gasteiger partial charge in [0.05, 0.1) is 24.2 Å². The number of carbonyl (C=O) groups is 2. The molecule has 1 aromatic carbocycles. The fourth-order valence-corrected chi connectivity index (χ4v) is 6.24. The molecule has 2 bridgehead atoms. The van der Waals surface area contributed by atoms with E-state index in [1.807, 2.05) is 28.9 Å². The second-order valence-corrected chi connectivity index (χ2v) is 10.3. The van der Waals surface area contributed by atoms with Crippen LogP contribution in [0.1, 0.15) is 37.8 Å². The lowest BCUT2D eigenvalue weighted by molar-refractivity contribution is -0.141. The number of piperazine rings is 1. The van der Waals surface area contributed by atoms with Crippen LogP contribution in [0.15, 0.2) is 24.3 Å². The summed E-state index contributed by atoms with van der Waals surface area (Å²) in [7, 11) is 0. The van der Waals surface area contributed by atoms with Gasteiger partial charge in [-0.05, 0) is 49.8 Å². The highest BCUT2D eigenvalue weighted by molar-refractivity contribution is 7.80. The summed E-state index contributed by atoms with van der Waals surface area (Å²) in [4.78, 5) is 31.8. The summed E-state index contributed by atoms with van der Waals surface area (Å²) < 4.78 is 22.3. The van der Waals surface area contributed by atoms with Gasteiger partial charge in [-0.15, -0.1) is 0 Å². The predicted molar refractivity (Wildman–Crippen MR) is 121 cm³/mol. The monoisotopic (exact) mass is 472 g/mol. The highest BCUT2D eigenvalue weighted by Gasteiger charge is 2.56. The second-order valence-electron chi connectivity index (χ2n) is 9.55. The smallest absolute Gasteiger partial charge is 0.259 e. The van der Waals surface area contributed by atoms with Crippen LogP contribution in [-0.4, -0.2) is 78.6 Å². The van der Waals surface area contributed by atoms with E-state index >= 15 is 0 Å². The molecule has 0 spiro atoms. The first-order valence-electron chi connectivity index (χ1n) is 11.3.